The van der Waals surface area contributed by atoms with Gasteiger partial charge in [-0.3, -0.25) is 0 Å². The zero-order valence-corrected chi connectivity index (χ0v) is 17.6. The van der Waals surface area contributed by atoms with Gasteiger partial charge in [-0.25, -0.2) is 14.4 Å². The molecule has 0 saturated heterocycles. The third-order valence-electron chi connectivity index (χ3n) is 4.50. The Morgan fingerprint density at radius 2 is 1.87 bits per heavy atom. The number of imidazole rings is 1. The second kappa shape index (κ2) is 8.91. The first kappa shape index (κ1) is 21.1. The monoisotopic (exact) mass is 461 g/mol. The molecule has 4 aromatic rings. The van der Waals surface area contributed by atoms with E-state index in [0.29, 0.717) is 44.7 Å². The van der Waals surface area contributed by atoms with E-state index in [-0.39, 0.29) is 11.8 Å². The van der Waals surface area contributed by atoms with E-state index in [1.165, 1.54) is 25.4 Å². The summed E-state index contributed by atoms with van der Waals surface area (Å²) in [6.07, 6.45) is 1.36. The van der Waals surface area contributed by atoms with Gasteiger partial charge in [-0.1, -0.05) is 29.3 Å². The van der Waals surface area contributed by atoms with Crippen molar-refractivity contribution in [2.24, 2.45) is 0 Å². The van der Waals surface area contributed by atoms with Crippen molar-refractivity contribution >= 4 is 23.2 Å². The number of ether oxygens (including phenoxy) is 2. The number of nitrogens with one attached hydrogen (secondary N) is 1. The minimum Gasteiger partial charge on any atom is -0.496 e. The van der Waals surface area contributed by atoms with E-state index in [1.54, 1.807) is 36.4 Å². The van der Waals surface area contributed by atoms with Crippen LogP contribution in [0.5, 0.6) is 11.5 Å². The fourth-order valence-electron chi connectivity index (χ4n) is 2.94. The van der Waals surface area contributed by atoms with E-state index in [0.717, 1.165) is 0 Å². The lowest BCUT2D eigenvalue weighted by Gasteiger charge is -2.11. The molecule has 0 atom stereocenters. The highest BCUT2D eigenvalue weighted by Crippen LogP contribution is 2.37. The molecule has 2 heterocycles. The number of nitrogens with zero attached hydrogens (tertiary/aromatic N) is 2. The van der Waals surface area contributed by atoms with Crippen LogP contribution < -0.4 is 9.47 Å². The average molecular weight is 462 g/mol. The minimum absolute atomic E-state index is 0.0242. The molecule has 0 amide bonds. The Kier molecular flexibility index (Phi) is 6.06. The number of hydrogen-bond acceptors (Lipinski definition) is 4. The molecule has 2 aromatic carbocycles. The number of H-pyrrole nitrogens is 1. The third-order valence-corrected chi connectivity index (χ3v) is 5.01. The number of aromatic nitrogens is 3. The summed E-state index contributed by atoms with van der Waals surface area (Å²) in [4.78, 5) is 11.1. The molecule has 0 radical (unpaired) electrons. The molecule has 4 rings (SSSR count). The summed E-state index contributed by atoms with van der Waals surface area (Å²) in [6.45, 7) is 0.0242. The van der Waals surface area contributed by atoms with Crippen molar-refractivity contribution in [2.45, 2.75) is 6.61 Å². The average Bonchev–Trinajstić information content (AvgIpc) is 3.14. The summed E-state index contributed by atoms with van der Waals surface area (Å²) in [6, 6.07) is 12.3. The number of pyridine rings is 1. The number of rotatable bonds is 6. The van der Waals surface area contributed by atoms with Crippen LogP contribution in [0.3, 0.4) is 0 Å². The van der Waals surface area contributed by atoms with Crippen LogP contribution in [0.15, 0.2) is 54.7 Å². The molecule has 0 spiro atoms. The molecule has 0 bridgehead atoms. The van der Waals surface area contributed by atoms with Crippen LogP contribution in [-0.2, 0) is 6.61 Å². The number of aromatic amines is 1. The summed E-state index contributed by atoms with van der Waals surface area (Å²) in [7, 11) is 1.51. The molecule has 1 N–H and O–H groups in total. The van der Waals surface area contributed by atoms with Crippen molar-refractivity contribution in [2.75, 3.05) is 7.11 Å². The molecule has 0 saturated carbocycles. The second-order valence-electron chi connectivity index (χ2n) is 6.50. The first-order chi connectivity index (χ1) is 14.9. The van der Waals surface area contributed by atoms with E-state index >= 15 is 0 Å². The lowest BCUT2D eigenvalue weighted by molar-refractivity contribution is 0.297. The molecule has 158 valence electrons. The van der Waals surface area contributed by atoms with E-state index in [9.17, 15) is 8.78 Å². The smallest absolute Gasteiger partial charge is 0.212 e. The topological polar surface area (TPSA) is 60.0 Å². The molecular weight excluding hydrogens is 447 g/mol. The van der Waals surface area contributed by atoms with Gasteiger partial charge < -0.3 is 14.5 Å². The van der Waals surface area contributed by atoms with Crippen LogP contribution in [0.1, 0.15) is 5.56 Å². The van der Waals surface area contributed by atoms with Crippen molar-refractivity contribution in [3.63, 3.8) is 0 Å². The Balaban J connectivity index is 1.59. The fraction of sp³-hybridized carbons (Fsp3) is 0.0909. The Labute approximate surface area is 186 Å². The summed E-state index contributed by atoms with van der Waals surface area (Å²) in [5.41, 5.74) is 2.03. The Hall–Kier alpha value is -3.16. The normalized spacial score (nSPS) is 10.9. The predicted octanol–water partition coefficient (Wildman–Crippen LogP) is 6.31. The van der Waals surface area contributed by atoms with Gasteiger partial charge in [-0.15, -0.1) is 0 Å². The first-order valence-electron chi connectivity index (χ1n) is 9.07. The van der Waals surface area contributed by atoms with Crippen LogP contribution >= 0.6 is 23.2 Å². The van der Waals surface area contributed by atoms with Gasteiger partial charge in [0.1, 0.15) is 40.6 Å². The van der Waals surface area contributed by atoms with Crippen molar-refractivity contribution in [3.05, 3.63) is 82.2 Å². The first-order valence-corrected chi connectivity index (χ1v) is 9.83. The molecule has 0 aliphatic heterocycles. The number of methoxy groups -OCH3 is 1. The van der Waals surface area contributed by atoms with Crippen LogP contribution in [0.4, 0.5) is 8.78 Å². The second-order valence-corrected chi connectivity index (χ2v) is 7.32. The number of halogens is 4. The van der Waals surface area contributed by atoms with E-state index < -0.39 is 11.8 Å². The third kappa shape index (κ3) is 4.62. The van der Waals surface area contributed by atoms with Gasteiger partial charge in [0, 0.05) is 34.0 Å². The standard InChI is InChI=1S/C22H15Cl2F2N3O2/c1-30-18-9-15(31-11-13-2-4-14(23)8-17(13)25)5-6-16(18)20-21(24)29-22(28-20)12-3-7-19(26)27-10-12/h2-10H,11H2,1H3,(H,28,29). The molecule has 0 aliphatic rings. The highest BCUT2D eigenvalue weighted by molar-refractivity contribution is 6.32. The van der Waals surface area contributed by atoms with Crippen molar-refractivity contribution in [1.82, 2.24) is 15.0 Å². The lowest BCUT2D eigenvalue weighted by atomic mass is 10.1. The van der Waals surface area contributed by atoms with E-state index in [4.69, 9.17) is 32.7 Å². The molecule has 9 heteroatoms. The Morgan fingerprint density at radius 3 is 2.58 bits per heavy atom. The molecule has 2 aromatic heterocycles. The maximum atomic E-state index is 14.0. The van der Waals surface area contributed by atoms with Crippen LogP contribution in [0.2, 0.25) is 10.2 Å². The Morgan fingerprint density at radius 1 is 1.03 bits per heavy atom. The van der Waals surface area contributed by atoms with Gasteiger partial charge >= 0.3 is 0 Å². The highest BCUT2D eigenvalue weighted by atomic mass is 35.5. The van der Waals surface area contributed by atoms with Crippen LogP contribution in [-0.4, -0.2) is 22.1 Å². The minimum atomic E-state index is -0.586. The van der Waals surface area contributed by atoms with Gasteiger partial charge in [0.2, 0.25) is 5.95 Å². The quantitative estimate of drug-likeness (QED) is 0.341. The molecular formula is C22H15Cl2F2N3O2. The van der Waals surface area contributed by atoms with Gasteiger partial charge in [0.25, 0.3) is 0 Å². The predicted molar refractivity (Wildman–Crippen MR) is 115 cm³/mol. The summed E-state index contributed by atoms with van der Waals surface area (Å²) < 4.78 is 38.2. The molecule has 0 unspecified atom stereocenters. The fourth-order valence-corrected chi connectivity index (χ4v) is 3.33. The van der Waals surface area contributed by atoms with E-state index in [1.807, 2.05) is 0 Å². The van der Waals surface area contributed by atoms with Crippen LogP contribution in [0.25, 0.3) is 22.6 Å². The maximum Gasteiger partial charge on any atom is 0.212 e. The zero-order valence-electron chi connectivity index (χ0n) is 16.1. The van der Waals surface area contributed by atoms with Crippen LogP contribution in [0, 0.1) is 11.8 Å². The van der Waals surface area contributed by atoms with Crippen molar-refractivity contribution in [3.8, 4) is 34.1 Å². The summed E-state index contributed by atoms with van der Waals surface area (Å²) in [5.74, 6) is 0.350. The molecule has 5 nitrogen and oxygen atoms in total. The van der Waals surface area contributed by atoms with Crippen molar-refractivity contribution in [1.29, 1.82) is 0 Å². The lowest BCUT2D eigenvalue weighted by Crippen LogP contribution is -1.99. The number of hydrogen-bond donors (Lipinski definition) is 1. The van der Waals surface area contributed by atoms with Gasteiger partial charge in [-0.2, -0.15) is 4.39 Å². The highest BCUT2D eigenvalue weighted by Gasteiger charge is 2.17. The summed E-state index contributed by atoms with van der Waals surface area (Å²) in [5, 5.41) is 0.605. The SMILES string of the molecule is COc1cc(OCc2ccc(Cl)cc2F)ccc1-c1nc(-c2ccc(F)nc2)[nH]c1Cl. The zero-order chi connectivity index (χ0) is 22.0. The summed E-state index contributed by atoms with van der Waals surface area (Å²) >= 11 is 12.1. The molecule has 31 heavy (non-hydrogen) atoms. The van der Waals surface area contributed by atoms with E-state index in [2.05, 4.69) is 15.0 Å². The Bertz CT molecular complexity index is 1230. The molecule has 0 fully saturated rings. The largest absolute Gasteiger partial charge is 0.496 e. The van der Waals surface area contributed by atoms with Gasteiger partial charge in [-0.05, 0) is 36.4 Å². The van der Waals surface area contributed by atoms with Gasteiger partial charge in [0.15, 0.2) is 0 Å². The number of benzene rings is 2. The van der Waals surface area contributed by atoms with Crippen molar-refractivity contribution < 1.29 is 18.3 Å². The van der Waals surface area contributed by atoms with Gasteiger partial charge in [0.05, 0.1) is 7.11 Å². The molecule has 0 aliphatic carbocycles. The maximum absolute atomic E-state index is 14.0.